The molecule has 1 aromatic carbocycles. The average Bonchev–Trinajstić information content (AvgIpc) is 2.63. The van der Waals surface area contributed by atoms with Crippen molar-refractivity contribution in [1.82, 2.24) is 0 Å². The Labute approximate surface area is 162 Å². The van der Waals surface area contributed by atoms with Crippen LogP contribution in [0.1, 0.15) is 32.3 Å². The van der Waals surface area contributed by atoms with Gasteiger partial charge < -0.3 is 30.8 Å². The summed E-state index contributed by atoms with van der Waals surface area (Å²) in [6.45, 7) is 5.37. The number of ether oxygens (including phenoxy) is 3. The number of carbonyl (C=O) groups excluding carboxylic acids is 1. The zero-order valence-corrected chi connectivity index (χ0v) is 16.8. The maximum atomic E-state index is 11.2. The number of methoxy groups -OCH3 is 2. The Hall–Kier alpha value is -1.83. The number of hydrogen-bond acceptors (Lipinski definition) is 6. The van der Waals surface area contributed by atoms with Crippen molar-refractivity contribution in [3.05, 3.63) is 23.8 Å². The third kappa shape index (κ3) is 7.74. The number of nitrogens with two attached hydrogens (primary N) is 2. The molecule has 0 aliphatic heterocycles. The quantitative estimate of drug-likeness (QED) is 0.445. The van der Waals surface area contributed by atoms with E-state index in [4.69, 9.17) is 25.7 Å². The van der Waals surface area contributed by atoms with Crippen LogP contribution in [0.3, 0.4) is 0 Å². The van der Waals surface area contributed by atoms with Gasteiger partial charge in [-0.1, -0.05) is 19.9 Å². The number of primary amides is 1. The Morgan fingerprint density at radius 3 is 2.44 bits per heavy atom. The summed E-state index contributed by atoms with van der Waals surface area (Å²) in [5, 5.41) is 9.80. The Kier molecular flexibility index (Phi) is 10.1. The summed E-state index contributed by atoms with van der Waals surface area (Å²) in [5.74, 6) is 1.09. The molecular weight excluding hydrogens is 348 g/mol. The van der Waals surface area contributed by atoms with E-state index in [-0.39, 0.29) is 5.92 Å². The van der Waals surface area contributed by atoms with Crippen LogP contribution >= 0.6 is 0 Å². The molecule has 5 N–H and O–H groups in total. The molecule has 27 heavy (non-hydrogen) atoms. The third-order valence-corrected chi connectivity index (χ3v) is 4.69. The van der Waals surface area contributed by atoms with Crippen LogP contribution in [0, 0.1) is 11.8 Å². The fourth-order valence-corrected chi connectivity index (χ4v) is 2.93. The van der Waals surface area contributed by atoms with Gasteiger partial charge in [0.2, 0.25) is 5.91 Å². The van der Waals surface area contributed by atoms with E-state index < -0.39 is 18.1 Å². The molecule has 0 heterocycles. The summed E-state index contributed by atoms with van der Waals surface area (Å²) in [6.07, 6.45) is 0.702. The molecule has 0 aliphatic rings. The van der Waals surface area contributed by atoms with E-state index in [2.05, 4.69) is 13.8 Å². The summed E-state index contributed by atoms with van der Waals surface area (Å²) in [6, 6.07) is 5.16. The van der Waals surface area contributed by atoms with Gasteiger partial charge in [-0.25, -0.2) is 0 Å². The minimum absolute atomic E-state index is 0.184. The van der Waals surface area contributed by atoms with Gasteiger partial charge in [0.1, 0.15) is 6.10 Å². The number of rotatable bonds is 13. The van der Waals surface area contributed by atoms with Crippen molar-refractivity contribution >= 4 is 5.91 Å². The fourth-order valence-electron chi connectivity index (χ4n) is 2.93. The molecule has 154 valence electrons. The Morgan fingerprint density at radius 1 is 1.19 bits per heavy atom. The first-order chi connectivity index (χ1) is 12.8. The Morgan fingerprint density at radius 2 is 1.89 bits per heavy atom. The molecule has 0 spiro atoms. The molecule has 1 amide bonds. The third-order valence-electron chi connectivity index (χ3n) is 4.69. The van der Waals surface area contributed by atoms with Crippen LogP contribution in [0.15, 0.2) is 18.2 Å². The maximum Gasteiger partial charge on any atom is 0.247 e. The molecule has 3 atom stereocenters. The zero-order chi connectivity index (χ0) is 20.4. The summed E-state index contributed by atoms with van der Waals surface area (Å²) < 4.78 is 16.2. The number of carbonyl (C=O) groups is 1. The standard InChI is InChI=1S/C20H34N2O5/c1-13(2)15(12-16(21)19(23)20(22)24)10-14-6-7-17(26-4)18(11-14)27-9-5-8-25-3/h6-7,11,13,15-16,19,23H,5,8-10,12,21H2,1-4H3,(H2,22,24)/t15-,16-,19-/m0/s1. The van der Waals surface area contributed by atoms with Gasteiger partial charge in [-0.2, -0.15) is 0 Å². The number of hydrogen-bond donors (Lipinski definition) is 3. The van der Waals surface area contributed by atoms with Crippen molar-refractivity contribution in [3.63, 3.8) is 0 Å². The van der Waals surface area contributed by atoms with Crippen molar-refractivity contribution in [3.8, 4) is 11.5 Å². The van der Waals surface area contributed by atoms with E-state index in [1.807, 2.05) is 18.2 Å². The molecule has 0 aromatic heterocycles. The lowest BCUT2D eigenvalue weighted by Gasteiger charge is -2.26. The van der Waals surface area contributed by atoms with Gasteiger partial charge in [-0.05, 0) is 42.4 Å². The van der Waals surface area contributed by atoms with Crippen LogP contribution < -0.4 is 20.9 Å². The van der Waals surface area contributed by atoms with Crippen LogP contribution in [0.2, 0.25) is 0 Å². The SMILES string of the molecule is COCCCOc1cc(C[C@@H](C[C@H](N)[C@H](O)C(N)=O)C(C)C)ccc1OC. The molecule has 0 radical (unpaired) electrons. The highest BCUT2D eigenvalue weighted by atomic mass is 16.5. The molecule has 1 aromatic rings. The number of benzene rings is 1. The molecular formula is C20H34N2O5. The molecule has 1 rings (SSSR count). The van der Waals surface area contributed by atoms with Crippen molar-refractivity contribution in [2.75, 3.05) is 27.4 Å². The molecule has 7 heteroatoms. The first-order valence-electron chi connectivity index (χ1n) is 9.31. The fraction of sp³-hybridized carbons (Fsp3) is 0.650. The van der Waals surface area contributed by atoms with E-state index >= 15 is 0 Å². The van der Waals surface area contributed by atoms with Gasteiger partial charge >= 0.3 is 0 Å². The predicted octanol–water partition coefficient (Wildman–Crippen LogP) is 1.49. The van der Waals surface area contributed by atoms with Crippen molar-refractivity contribution < 1.29 is 24.1 Å². The molecule has 0 saturated heterocycles. The number of amides is 1. The van der Waals surface area contributed by atoms with Gasteiger partial charge in [0, 0.05) is 26.2 Å². The monoisotopic (exact) mass is 382 g/mol. The van der Waals surface area contributed by atoms with E-state index in [0.717, 1.165) is 18.4 Å². The van der Waals surface area contributed by atoms with Crippen LogP contribution in [0.4, 0.5) is 0 Å². The average molecular weight is 383 g/mol. The van der Waals surface area contributed by atoms with Crippen molar-refractivity contribution in [2.24, 2.45) is 23.3 Å². The Balaban J connectivity index is 2.84. The smallest absolute Gasteiger partial charge is 0.247 e. The highest BCUT2D eigenvalue weighted by Crippen LogP contribution is 2.31. The normalized spacial score (nSPS) is 14.6. The second-order valence-corrected chi connectivity index (χ2v) is 7.14. The highest BCUT2D eigenvalue weighted by Gasteiger charge is 2.25. The molecule has 0 aliphatic carbocycles. The van der Waals surface area contributed by atoms with E-state index in [1.54, 1.807) is 14.2 Å². The summed E-state index contributed by atoms with van der Waals surface area (Å²) >= 11 is 0. The van der Waals surface area contributed by atoms with Crippen LogP contribution in [-0.4, -0.2) is 50.6 Å². The first kappa shape index (κ1) is 23.2. The summed E-state index contributed by atoms with van der Waals surface area (Å²) in [5.41, 5.74) is 12.2. The van der Waals surface area contributed by atoms with Crippen LogP contribution in [0.25, 0.3) is 0 Å². The lowest BCUT2D eigenvalue weighted by Crippen LogP contribution is -2.45. The van der Waals surface area contributed by atoms with E-state index in [0.29, 0.717) is 37.1 Å². The summed E-state index contributed by atoms with van der Waals surface area (Å²) in [7, 11) is 3.27. The summed E-state index contributed by atoms with van der Waals surface area (Å²) in [4.78, 5) is 11.2. The Bertz CT molecular complexity index is 579. The van der Waals surface area contributed by atoms with Gasteiger partial charge in [0.15, 0.2) is 11.5 Å². The molecule has 0 saturated carbocycles. The van der Waals surface area contributed by atoms with E-state index in [1.165, 1.54) is 0 Å². The van der Waals surface area contributed by atoms with Gasteiger partial charge in [0.25, 0.3) is 0 Å². The van der Waals surface area contributed by atoms with Crippen molar-refractivity contribution in [1.29, 1.82) is 0 Å². The minimum Gasteiger partial charge on any atom is -0.493 e. The molecule has 0 bridgehead atoms. The van der Waals surface area contributed by atoms with Crippen molar-refractivity contribution in [2.45, 2.75) is 45.3 Å². The van der Waals surface area contributed by atoms with Gasteiger partial charge in [-0.3, -0.25) is 4.79 Å². The number of aliphatic hydroxyl groups excluding tert-OH is 1. The molecule has 0 fully saturated rings. The second-order valence-electron chi connectivity index (χ2n) is 7.14. The zero-order valence-electron chi connectivity index (χ0n) is 16.8. The first-order valence-corrected chi connectivity index (χ1v) is 9.31. The largest absolute Gasteiger partial charge is 0.493 e. The lowest BCUT2D eigenvalue weighted by atomic mass is 9.83. The lowest BCUT2D eigenvalue weighted by molar-refractivity contribution is -0.127. The van der Waals surface area contributed by atoms with Gasteiger partial charge in [-0.15, -0.1) is 0 Å². The van der Waals surface area contributed by atoms with E-state index in [9.17, 15) is 9.90 Å². The maximum absolute atomic E-state index is 11.2. The second kappa shape index (κ2) is 11.8. The van der Waals surface area contributed by atoms with Crippen LogP contribution in [0.5, 0.6) is 11.5 Å². The van der Waals surface area contributed by atoms with Gasteiger partial charge in [0.05, 0.1) is 13.7 Å². The minimum atomic E-state index is -1.33. The topological polar surface area (TPSA) is 117 Å². The number of aliphatic hydroxyl groups is 1. The predicted molar refractivity (Wildman–Crippen MR) is 105 cm³/mol. The molecule has 0 unspecified atom stereocenters. The highest BCUT2D eigenvalue weighted by molar-refractivity contribution is 5.79. The molecule has 7 nitrogen and oxygen atoms in total. The van der Waals surface area contributed by atoms with Crippen LogP contribution in [-0.2, 0) is 16.0 Å².